The normalized spacial score (nSPS) is 12.7. The predicted octanol–water partition coefficient (Wildman–Crippen LogP) is 0.497. The fraction of sp³-hybridized carbons (Fsp3) is 0.889. The summed E-state index contributed by atoms with van der Waals surface area (Å²) >= 11 is 0. The molecule has 0 aromatic heterocycles. The third kappa shape index (κ3) is 7.47. The Balaban J connectivity index is 4.47. The number of halogens is 3. The Morgan fingerprint density at radius 1 is 1.38 bits per heavy atom. The summed E-state index contributed by atoms with van der Waals surface area (Å²) in [6.45, 7) is 0.898. The highest BCUT2D eigenvalue weighted by molar-refractivity contribution is 5.77. The van der Waals surface area contributed by atoms with E-state index < -0.39 is 30.8 Å². The van der Waals surface area contributed by atoms with Crippen LogP contribution in [0.15, 0.2) is 0 Å². The summed E-state index contributed by atoms with van der Waals surface area (Å²) in [6.07, 6.45) is -4.66. The smallest absolute Gasteiger partial charge is 0.395 e. The van der Waals surface area contributed by atoms with E-state index in [0.717, 1.165) is 0 Å². The molecule has 16 heavy (non-hydrogen) atoms. The monoisotopic (exact) mass is 242 g/mol. The van der Waals surface area contributed by atoms with Crippen LogP contribution in [0.2, 0.25) is 0 Å². The molecule has 0 rings (SSSR count). The molecule has 0 spiro atoms. The second kappa shape index (κ2) is 5.49. The molecule has 0 bridgehead atoms. The van der Waals surface area contributed by atoms with Crippen molar-refractivity contribution in [3.8, 4) is 0 Å². The summed E-state index contributed by atoms with van der Waals surface area (Å²) < 4.78 is 36.3. The molecule has 4 nitrogen and oxygen atoms in total. The van der Waals surface area contributed by atoms with Crippen molar-refractivity contribution in [2.45, 2.75) is 32.0 Å². The zero-order chi connectivity index (χ0) is 13.0. The van der Waals surface area contributed by atoms with Gasteiger partial charge in [0.25, 0.3) is 0 Å². The minimum absolute atomic E-state index is 0.191. The van der Waals surface area contributed by atoms with E-state index in [2.05, 4.69) is 0 Å². The van der Waals surface area contributed by atoms with E-state index >= 15 is 0 Å². The number of alkyl halides is 3. The van der Waals surface area contributed by atoms with E-state index in [9.17, 15) is 18.0 Å². The molecule has 7 heteroatoms. The second-order valence-electron chi connectivity index (χ2n) is 4.32. The molecule has 96 valence electrons. The lowest BCUT2D eigenvalue weighted by Crippen LogP contribution is -2.45. The number of aliphatic hydroxyl groups is 1. The zero-order valence-corrected chi connectivity index (χ0v) is 9.34. The highest BCUT2D eigenvalue weighted by atomic mass is 19.4. The van der Waals surface area contributed by atoms with Crippen LogP contribution in [0.3, 0.4) is 0 Å². The van der Waals surface area contributed by atoms with Gasteiger partial charge in [0, 0.05) is 18.5 Å². The number of hydrogen-bond acceptors (Lipinski definition) is 3. The van der Waals surface area contributed by atoms with Crippen molar-refractivity contribution in [2.24, 2.45) is 5.73 Å². The first-order valence-electron chi connectivity index (χ1n) is 4.79. The number of rotatable bonds is 5. The van der Waals surface area contributed by atoms with Gasteiger partial charge < -0.3 is 15.7 Å². The quantitative estimate of drug-likeness (QED) is 0.737. The molecule has 0 aliphatic carbocycles. The van der Waals surface area contributed by atoms with Crippen molar-refractivity contribution in [3.63, 3.8) is 0 Å². The number of carbonyl (C=O) groups excluding carboxylic acids is 1. The average molecular weight is 242 g/mol. The van der Waals surface area contributed by atoms with Crippen LogP contribution in [0.1, 0.15) is 20.3 Å². The Labute approximate surface area is 92.2 Å². The molecule has 0 aliphatic heterocycles. The van der Waals surface area contributed by atoms with Gasteiger partial charge in [0.05, 0.1) is 6.61 Å². The van der Waals surface area contributed by atoms with Gasteiger partial charge in [-0.15, -0.1) is 0 Å². The Morgan fingerprint density at radius 2 is 1.88 bits per heavy atom. The van der Waals surface area contributed by atoms with Crippen LogP contribution in [-0.4, -0.2) is 47.3 Å². The maximum atomic E-state index is 12.1. The minimum atomic E-state index is -4.47. The standard InChI is InChI=1S/C9H17F3N2O2/c1-8(2,13)5-7(16)14(3-4-15)6-9(10,11)12/h15H,3-6,13H2,1-2H3. The number of aliphatic hydroxyl groups excluding tert-OH is 1. The third-order valence-electron chi connectivity index (χ3n) is 1.70. The molecule has 0 unspecified atom stereocenters. The van der Waals surface area contributed by atoms with E-state index in [0.29, 0.717) is 4.90 Å². The van der Waals surface area contributed by atoms with Crippen molar-refractivity contribution >= 4 is 5.91 Å². The molecule has 0 heterocycles. The molecule has 0 saturated heterocycles. The fourth-order valence-corrected chi connectivity index (χ4v) is 1.13. The summed E-state index contributed by atoms with van der Waals surface area (Å²) in [6, 6.07) is 0. The van der Waals surface area contributed by atoms with Crippen molar-refractivity contribution in [1.82, 2.24) is 4.90 Å². The molecule has 0 aromatic rings. The Morgan fingerprint density at radius 3 is 2.19 bits per heavy atom. The van der Waals surface area contributed by atoms with Gasteiger partial charge in [-0.1, -0.05) is 0 Å². The summed E-state index contributed by atoms with van der Waals surface area (Å²) in [5, 5.41) is 8.59. The molecule has 0 radical (unpaired) electrons. The zero-order valence-electron chi connectivity index (χ0n) is 9.34. The number of carbonyl (C=O) groups is 1. The van der Waals surface area contributed by atoms with Crippen LogP contribution >= 0.6 is 0 Å². The SMILES string of the molecule is CC(C)(N)CC(=O)N(CCO)CC(F)(F)F. The molecular weight excluding hydrogens is 225 g/mol. The van der Waals surface area contributed by atoms with Crippen molar-refractivity contribution in [1.29, 1.82) is 0 Å². The largest absolute Gasteiger partial charge is 0.406 e. The summed E-state index contributed by atoms with van der Waals surface area (Å²) in [5.41, 5.74) is 4.68. The second-order valence-corrected chi connectivity index (χ2v) is 4.32. The lowest BCUT2D eigenvalue weighted by molar-refractivity contribution is -0.162. The van der Waals surface area contributed by atoms with Gasteiger partial charge >= 0.3 is 6.18 Å². The van der Waals surface area contributed by atoms with E-state index in [1.54, 1.807) is 13.8 Å². The predicted molar refractivity (Wildman–Crippen MR) is 52.6 cm³/mol. The van der Waals surface area contributed by atoms with Crippen LogP contribution in [0, 0.1) is 0 Å². The molecule has 1 amide bonds. The fourth-order valence-electron chi connectivity index (χ4n) is 1.13. The number of amides is 1. The van der Waals surface area contributed by atoms with E-state index in [4.69, 9.17) is 10.8 Å². The van der Waals surface area contributed by atoms with Gasteiger partial charge in [-0.2, -0.15) is 13.2 Å². The highest BCUT2D eigenvalue weighted by Gasteiger charge is 2.33. The Hall–Kier alpha value is -0.820. The van der Waals surface area contributed by atoms with Crippen LogP contribution in [-0.2, 0) is 4.79 Å². The van der Waals surface area contributed by atoms with Gasteiger partial charge in [-0.05, 0) is 13.8 Å². The average Bonchev–Trinajstić information content (AvgIpc) is 1.97. The third-order valence-corrected chi connectivity index (χ3v) is 1.70. The van der Waals surface area contributed by atoms with Crippen molar-refractivity contribution in [3.05, 3.63) is 0 Å². The van der Waals surface area contributed by atoms with E-state index in [-0.39, 0.29) is 13.0 Å². The molecule has 0 saturated carbocycles. The first-order valence-corrected chi connectivity index (χ1v) is 4.79. The van der Waals surface area contributed by atoms with Crippen LogP contribution in [0.4, 0.5) is 13.2 Å². The van der Waals surface area contributed by atoms with Gasteiger partial charge in [-0.25, -0.2) is 0 Å². The number of nitrogens with zero attached hydrogens (tertiary/aromatic N) is 1. The van der Waals surface area contributed by atoms with Crippen LogP contribution in [0.5, 0.6) is 0 Å². The molecule has 0 aliphatic rings. The Kier molecular flexibility index (Phi) is 5.21. The van der Waals surface area contributed by atoms with E-state index in [1.165, 1.54) is 0 Å². The van der Waals surface area contributed by atoms with Gasteiger partial charge in [0.2, 0.25) is 5.91 Å². The van der Waals surface area contributed by atoms with Gasteiger partial charge in [-0.3, -0.25) is 4.79 Å². The maximum absolute atomic E-state index is 12.1. The molecular formula is C9H17F3N2O2. The maximum Gasteiger partial charge on any atom is 0.406 e. The Bertz CT molecular complexity index is 236. The first kappa shape index (κ1) is 15.2. The lowest BCUT2D eigenvalue weighted by atomic mass is 10.0. The summed E-state index contributed by atoms with van der Waals surface area (Å²) in [4.78, 5) is 12.0. The number of nitrogens with two attached hydrogens (primary N) is 1. The van der Waals surface area contributed by atoms with Crippen LogP contribution in [0.25, 0.3) is 0 Å². The lowest BCUT2D eigenvalue weighted by Gasteiger charge is -2.26. The molecule has 0 aromatic carbocycles. The molecule has 3 N–H and O–H groups in total. The van der Waals surface area contributed by atoms with Gasteiger partial charge in [0.15, 0.2) is 0 Å². The minimum Gasteiger partial charge on any atom is -0.395 e. The molecule has 0 atom stereocenters. The summed E-state index contributed by atoms with van der Waals surface area (Å²) in [5.74, 6) is -0.709. The highest BCUT2D eigenvalue weighted by Crippen LogP contribution is 2.18. The van der Waals surface area contributed by atoms with Crippen molar-refractivity contribution in [2.75, 3.05) is 19.7 Å². The summed E-state index contributed by atoms with van der Waals surface area (Å²) in [7, 11) is 0. The molecule has 0 fully saturated rings. The van der Waals surface area contributed by atoms with Crippen molar-refractivity contribution < 1.29 is 23.1 Å². The topological polar surface area (TPSA) is 66.6 Å². The van der Waals surface area contributed by atoms with Crippen LogP contribution < -0.4 is 5.73 Å². The number of hydrogen-bond donors (Lipinski definition) is 2. The first-order chi connectivity index (χ1) is 7.05. The van der Waals surface area contributed by atoms with E-state index in [1.807, 2.05) is 0 Å². The van der Waals surface area contributed by atoms with Gasteiger partial charge in [0.1, 0.15) is 6.54 Å².